The maximum atomic E-state index is 14.4. The fourth-order valence-corrected chi connectivity index (χ4v) is 4.30. The molecule has 0 bridgehead atoms. The number of nitrogens with zero attached hydrogens (tertiary/aromatic N) is 4. The predicted octanol–water partition coefficient (Wildman–Crippen LogP) is 4.02. The van der Waals surface area contributed by atoms with Crippen LogP contribution in [0.1, 0.15) is 34.5 Å². The summed E-state index contributed by atoms with van der Waals surface area (Å²) in [4.78, 5) is 28.6. The SMILES string of the molecule is C=CC(=O)N1CCN(C[C@H](Oc2ccc(C(=O)Nc3cccnn3)cc2)c2ccc(C)c(F)c2)C[C@H]1C. The second-order valence-corrected chi connectivity index (χ2v) is 9.05. The molecule has 2 atom stereocenters. The number of piperazine rings is 1. The van der Waals surface area contributed by atoms with E-state index in [1.807, 2.05) is 13.0 Å². The molecule has 2 heterocycles. The summed E-state index contributed by atoms with van der Waals surface area (Å²) in [6.07, 6.45) is 2.41. The molecule has 0 unspecified atom stereocenters. The van der Waals surface area contributed by atoms with Gasteiger partial charge in [0.05, 0.1) is 0 Å². The Morgan fingerprint density at radius 3 is 2.65 bits per heavy atom. The van der Waals surface area contributed by atoms with E-state index in [1.165, 1.54) is 18.3 Å². The van der Waals surface area contributed by atoms with Gasteiger partial charge in [-0.2, -0.15) is 5.10 Å². The summed E-state index contributed by atoms with van der Waals surface area (Å²) in [6, 6.07) is 15.2. The molecule has 0 saturated carbocycles. The van der Waals surface area contributed by atoms with Gasteiger partial charge in [0.15, 0.2) is 5.82 Å². The first-order valence-corrected chi connectivity index (χ1v) is 12.1. The van der Waals surface area contributed by atoms with Crippen LogP contribution >= 0.6 is 0 Å². The summed E-state index contributed by atoms with van der Waals surface area (Å²) in [5.74, 6) is 0.222. The van der Waals surface area contributed by atoms with Gasteiger partial charge in [-0.1, -0.05) is 18.7 Å². The van der Waals surface area contributed by atoms with Crippen molar-refractivity contribution in [3.05, 3.63) is 96.0 Å². The Hall–Kier alpha value is -4.11. The van der Waals surface area contributed by atoms with Crippen LogP contribution in [0.4, 0.5) is 10.2 Å². The van der Waals surface area contributed by atoms with Gasteiger partial charge >= 0.3 is 0 Å². The van der Waals surface area contributed by atoms with Crippen LogP contribution in [0.25, 0.3) is 0 Å². The Morgan fingerprint density at radius 2 is 2.00 bits per heavy atom. The Bertz CT molecular complexity index is 1250. The first-order valence-electron chi connectivity index (χ1n) is 12.1. The minimum absolute atomic E-state index is 0.0155. The van der Waals surface area contributed by atoms with Gasteiger partial charge in [0.2, 0.25) is 5.91 Å². The number of nitrogens with one attached hydrogen (secondary N) is 1. The third kappa shape index (κ3) is 6.56. The van der Waals surface area contributed by atoms with Gasteiger partial charge in [0.25, 0.3) is 5.91 Å². The minimum Gasteiger partial charge on any atom is -0.484 e. The van der Waals surface area contributed by atoms with Crippen molar-refractivity contribution in [1.29, 1.82) is 0 Å². The van der Waals surface area contributed by atoms with Crippen LogP contribution in [-0.4, -0.2) is 64.0 Å². The quantitative estimate of drug-likeness (QED) is 0.468. The van der Waals surface area contributed by atoms with Gasteiger partial charge in [-0.05, 0) is 73.5 Å². The number of halogens is 1. The number of hydrogen-bond acceptors (Lipinski definition) is 6. The van der Waals surface area contributed by atoms with Crippen LogP contribution in [0.2, 0.25) is 0 Å². The molecule has 192 valence electrons. The molecular formula is C28H30FN5O3. The van der Waals surface area contributed by atoms with E-state index >= 15 is 0 Å². The molecule has 1 aliphatic rings. The Morgan fingerprint density at radius 1 is 1.22 bits per heavy atom. The van der Waals surface area contributed by atoms with Gasteiger partial charge in [0.1, 0.15) is 17.7 Å². The topological polar surface area (TPSA) is 87.7 Å². The molecule has 1 N–H and O–H groups in total. The molecule has 9 heteroatoms. The molecule has 2 amide bonds. The lowest BCUT2D eigenvalue weighted by atomic mass is 10.0. The molecule has 0 spiro atoms. The van der Waals surface area contributed by atoms with Gasteiger partial charge in [0, 0.05) is 44.0 Å². The third-order valence-electron chi connectivity index (χ3n) is 6.37. The molecule has 1 aliphatic heterocycles. The zero-order chi connectivity index (χ0) is 26.4. The highest BCUT2D eigenvalue weighted by Gasteiger charge is 2.28. The monoisotopic (exact) mass is 503 g/mol. The van der Waals surface area contributed by atoms with E-state index in [1.54, 1.807) is 54.3 Å². The summed E-state index contributed by atoms with van der Waals surface area (Å²) in [6.45, 7) is 9.73. The predicted molar refractivity (Wildman–Crippen MR) is 139 cm³/mol. The molecule has 0 aliphatic carbocycles. The number of rotatable bonds is 8. The Balaban J connectivity index is 1.48. The number of hydrogen-bond donors (Lipinski definition) is 1. The molecule has 1 fully saturated rings. The highest BCUT2D eigenvalue weighted by Crippen LogP contribution is 2.26. The summed E-state index contributed by atoms with van der Waals surface area (Å²) in [7, 11) is 0. The third-order valence-corrected chi connectivity index (χ3v) is 6.37. The van der Waals surface area contributed by atoms with Crippen LogP contribution in [-0.2, 0) is 4.79 Å². The second kappa shape index (κ2) is 11.7. The molecule has 2 aromatic carbocycles. The van der Waals surface area contributed by atoms with Gasteiger partial charge < -0.3 is 15.0 Å². The summed E-state index contributed by atoms with van der Waals surface area (Å²) in [5.41, 5.74) is 1.71. The minimum atomic E-state index is -0.455. The first-order chi connectivity index (χ1) is 17.8. The number of aromatic nitrogens is 2. The van der Waals surface area contributed by atoms with Crippen LogP contribution in [0.15, 0.2) is 73.4 Å². The zero-order valence-electron chi connectivity index (χ0n) is 20.9. The molecule has 0 radical (unpaired) electrons. The lowest BCUT2D eigenvalue weighted by Gasteiger charge is -2.40. The van der Waals surface area contributed by atoms with Crippen molar-refractivity contribution in [2.45, 2.75) is 26.0 Å². The van der Waals surface area contributed by atoms with E-state index in [0.29, 0.717) is 54.4 Å². The van der Waals surface area contributed by atoms with Crippen molar-refractivity contribution >= 4 is 17.6 Å². The van der Waals surface area contributed by atoms with Crippen molar-refractivity contribution in [2.24, 2.45) is 0 Å². The van der Waals surface area contributed by atoms with Crippen LogP contribution in [0.3, 0.4) is 0 Å². The number of carbonyl (C=O) groups excluding carboxylic acids is 2. The molecule has 1 saturated heterocycles. The van der Waals surface area contributed by atoms with Crippen molar-refractivity contribution in [3.8, 4) is 5.75 Å². The van der Waals surface area contributed by atoms with Gasteiger partial charge in [-0.3, -0.25) is 14.5 Å². The molecule has 4 rings (SSSR count). The highest BCUT2D eigenvalue weighted by atomic mass is 19.1. The average Bonchev–Trinajstić information content (AvgIpc) is 2.90. The normalized spacial score (nSPS) is 16.6. The summed E-state index contributed by atoms with van der Waals surface area (Å²) < 4.78 is 20.8. The van der Waals surface area contributed by atoms with Crippen LogP contribution in [0, 0.1) is 12.7 Å². The van der Waals surface area contributed by atoms with E-state index in [2.05, 4.69) is 27.0 Å². The van der Waals surface area contributed by atoms with Gasteiger partial charge in [-0.25, -0.2) is 4.39 Å². The fourth-order valence-electron chi connectivity index (χ4n) is 4.30. The van der Waals surface area contributed by atoms with Crippen LogP contribution < -0.4 is 10.1 Å². The highest BCUT2D eigenvalue weighted by molar-refractivity contribution is 6.03. The van der Waals surface area contributed by atoms with Crippen molar-refractivity contribution in [1.82, 2.24) is 20.0 Å². The number of amides is 2. The second-order valence-electron chi connectivity index (χ2n) is 9.05. The smallest absolute Gasteiger partial charge is 0.256 e. The van der Waals surface area contributed by atoms with Crippen molar-refractivity contribution in [2.75, 3.05) is 31.5 Å². The number of ether oxygens (including phenoxy) is 1. The molecular weight excluding hydrogens is 473 g/mol. The molecule has 8 nitrogen and oxygen atoms in total. The summed E-state index contributed by atoms with van der Waals surface area (Å²) in [5, 5.41) is 10.3. The molecule has 3 aromatic rings. The Kier molecular flexibility index (Phi) is 8.25. The number of benzene rings is 2. The number of carbonyl (C=O) groups is 2. The van der Waals surface area contributed by atoms with E-state index in [9.17, 15) is 14.0 Å². The van der Waals surface area contributed by atoms with Crippen molar-refractivity contribution in [3.63, 3.8) is 0 Å². The molecule has 37 heavy (non-hydrogen) atoms. The van der Waals surface area contributed by atoms with E-state index < -0.39 is 6.10 Å². The van der Waals surface area contributed by atoms with E-state index in [4.69, 9.17) is 4.74 Å². The Labute approximate surface area is 215 Å². The van der Waals surface area contributed by atoms with Gasteiger partial charge in [-0.15, -0.1) is 5.10 Å². The standard InChI is InChI=1S/C28H30FN5O3/c1-4-27(35)34-15-14-33(17-20(34)3)18-25(22-8-7-19(2)24(29)16-22)37-23-11-9-21(10-12-23)28(36)31-26-6-5-13-30-32-26/h4-13,16,20,25H,1,14-15,17-18H2,2-3H3,(H,31,32,36)/t20-,25+/m1/s1. The number of anilines is 1. The lowest BCUT2D eigenvalue weighted by Crippen LogP contribution is -2.54. The lowest BCUT2D eigenvalue weighted by molar-refractivity contribution is -0.130. The molecule has 1 aromatic heterocycles. The van der Waals surface area contributed by atoms with E-state index in [0.717, 1.165) is 0 Å². The maximum Gasteiger partial charge on any atom is 0.256 e. The fraction of sp³-hybridized carbons (Fsp3) is 0.286. The van der Waals surface area contributed by atoms with Crippen LogP contribution in [0.5, 0.6) is 5.75 Å². The average molecular weight is 504 g/mol. The largest absolute Gasteiger partial charge is 0.484 e. The first kappa shape index (κ1) is 26.0. The zero-order valence-corrected chi connectivity index (χ0v) is 20.9. The van der Waals surface area contributed by atoms with E-state index in [-0.39, 0.29) is 23.7 Å². The number of aryl methyl sites for hydroxylation is 1. The van der Waals surface area contributed by atoms with Crippen molar-refractivity contribution < 1.29 is 18.7 Å². The summed E-state index contributed by atoms with van der Waals surface area (Å²) >= 11 is 0. The maximum absolute atomic E-state index is 14.4.